The molecule has 4 heteroatoms. The highest BCUT2D eigenvalue weighted by molar-refractivity contribution is 5.55. The standard InChI is InChI=1S/C13H15N3O/c1-9(14)6-10-7-15-13(16-8-10)11-2-4-12(17)5-3-11/h2-5,7-9,17H,6,14H2,1H3. The summed E-state index contributed by atoms with van der Waals surface area (Å²) in [6, 6.07) is 6.92. The first-order valence-electron chi connectivity index (χ1n) is 5.51. The first-order chi connectivity index (χ1) is 8.15. The van der Waals surface area contributed by atoms with Crippen molar-refractivity contribution in [2.45, 2.75) is 19.4 Å². The summed E-state index contributed by atoms with van der Waals surface area (Å²) in [5.74, 6) is 0.890. The van der Waals surface area contributed by atoms with Crippen molar-refractivity contribution in [3.05, 3.63) is 42.2 Å². The number of hydrogen-bond donors (Lipinski definition) is 2. The van der Waals surface area contributed by atoms with Crippen LogP contribution in [0.2, 0.25) is 0 Å². The molecule has 2 aromatic rings. The Bertz CT molecular complexity index is 477. The minimum atomic E-state index is 0.109. The maximum atomic E-state index is 9.19. The molecular weight excluding hydrogens is 214 g/mol. The van der Waals surface area contributed by atoms with Gasteiger partial charge in [0.25, 0.3) is 0 Å². The van der Waals surface area contributed by atoms with Gasteiger partial charge in [-0.3, -0.25) is 0 Å². The first-order valence-corrected chi connectivity index (χ1v) is 5.51. The predicted octanol–water partition coefficient (Wildman–Crippen LogP) is 1.74. The van der Waals surface area contributed by atoms with Crippen LogP contribution in [0.5, 0.6) is 5.75 Å². The van der Waals surface area contributed by atoms with Gasteiger partial charge in [0, 0.05) is 24.0 Å². The van der Waals surface area contributed by atoms with Gasteiger partial charge in [-0.25, -0.2) is 9.97 Å². The van der Waals surface area contributed by atoms with Crippen molar-refractivity contribution in [3.63, 3.8) is 0 Å². The zero-order valence-corrected chi connectivity index (χ0v) is 9.67. The highest BCUT2D eigenvalue weighted by Crippen LogP contribution is 2.18. The van der Waals surface area contributed by atoms with Crippen LogP contribution >= 0.6 is 0 Å². The van der Waals surface area contributed by atoms with Gasteiger partial charge in [0.2, 0.25) is 0 Å². The monoisotopic (exact) mass is 229 g/mol. The molecule has 88 valence electrons. The fourth-order valence-corrected chi connectivity index (χ4v) is 1.59. The van der Waals surface area contributed by atoms with E-state index >= 15 is 0 Å². The Morgan fingerprint density at radius 3 is 2.29 bits per heavy atom. The summed E-state index contributed by atoms with van der Waals surface area (Å²) in [7, 11) is 0. The van der Waals surface area contributed by atoms with E-state index in [9.17, 15) is 5.11 Å². The molecule has 0 spiro atoms. The molecule has 0 aliphatic rings. The lowest BCUT2D eigenvalue weighted by Crippen LogP contribution is -2.18. The van der Waals surface area contributed by atoms with Gasteiger partial charge < -0.3 is 10.8 Å². The number of hydrogen-bond acceptors (Lipinski definition) is 4. The number of aromatic nitrogens is 2. The summed E-state index contributed by atoms with van der Waals surface area (Å²) in [6.07, 6.45) is 4.35. The summed E-state index contributed by atoms with van der Waals surface area (Å²) < 4.78 is 0. The summed E-state index contributed by atoms with van der Waals surface area (Å²) in [4.78, 5) is 8.57. The van der Waals surface area contributed by atoms with E-state index in [0.29, 0.717) is 5.82 Å². The maximum absolute atomic E-state index is 9.19. The molecule has 0 radical (unpaired) electrons. The van der Waals surface area contributed by atoms with Gasteiger partial charge in [-0.05, 0) is 43.2 Å². The number of aromatic hydroxyl groups is 1. The van der Waals surface area contributed by atoms with Gasteiger partial charge in [-0.1, -0.05) is 0 Å². The summed E-state index contributed by atoms with van der Waals surface area (Å²) in [6.45, 7) is 1.95. The highest BCUT2D eigenvalue weighted by atomic mass is 16.3. The van der Waals surface area contributed by atoms with Crippen molar-refractivity contribution in [3.8, 4) is 17.1 Å². The molecule has 1 atom stereocenters. The Labute approximate surface area is 100 Å². The summed E-state index contributed by atoms with van der Waals surface area (Å²) >= 11 is 0. The molecule has 1 aromatic heterocycles. The molecule has 1 aromatic carbocycles. The molecule has 4 nitrogen and oxygen atoms in total. The Morgan fingerprint density at radius 1 is 1.18 bits per heavy atom. The summed E-state index contributed by atoms with van der Waals surface area (Å²) in [5.41, 5.74) is 7.62. The fraction of sp³-hybridized carbons (Fsp3) is 0.231. The number of nitrogens with zero attached hydrogens (tertiary/aromatic N) is 2. The van der Waals surface area contributed by atoms with E-state index in [1.165, 1.54) is 0 Å². The third kappa shape index (κ3) is 3.01. The minimum absolute atomic E-state index is 0.109. The normalized spacial score (nSPS) is 12.4. The van der Waals surface area contributed by atoms with Crippen molar-refractivity contribution in [2.24, 2.45) is 5.73 Å². The third-order valence-corrected chi connectivity index (χ3v) is 2.39. The van der Waals surface area contributed by atoms with Crippen LogP contribution in [0.1, 0.15) is 12.5 Å². The van der Waals surface area contributed by atoms with E-state index in [4.69, 9.17) is 5.73 Å². The molecule has 0 aliphatic carbocycles. The summed E-state index contributed by atoms with van der Waals surface area (Å²) in [5, 5.41) is 9.19. The first kappa shape index (κ1) is 11.5. The molecule has 2 rings (SSSR count). The maximum Gasteiger partial charge on any atom is 0.159 e. The van der Waals surface area contributed by atoms with Gasteiger partial charge >= 0.3 is 0 Å². The Morgan fingerprint density at radius 2 is 1.76 bits per heavy atom. The second-order valence-corrected chi connectivity index (χ2v) is 4.14. The van der Waals surface area contributed by atoms with Crippen molar-refractivity contribution < 1.29 is 5.11 Å². The van der Waals surface area contributed by atoms with E-state index in [1.54, 1.807) is 36.7 Å². The molecule has 0 amide bonds. The highest BCUT2D eigenvalue weighted by Gasteiger charge is 2.03. The predicted molar refractivity (Wildman–Crippen MR) is 66.5 cm³/mol. The Balaban J connectivity index is 2.20. The van der Waals surface area contributed by atoms with Crippen LogP contribution in [-0.4, -0.2) is 21.1 Å². The number of phenols is 1. The Hall–Kier alpha value is -1.94. The van der Waals surface area contributed by atoms with E-state index < -0.39 is 0 Å². The molecule has 0 bridgehead atoms. The quantitative estimate of drug-likeness (QED) is 0.840. The molecular formula is C13H15N3O. The zero-order valence-electron chi connectivity index (χ0n) is 9.67. The molecule has 1 unspecified atom stereocenters. The van der Waals surface area contributed by atoms with Crippen molar-refractivity contribution in [2.75, 3.05) is 0 Å². The topological polar surface area (TPSA) is 72.0 Å². The number of rotatable bonds is 3. The number of benzene rings is 1. The van der Waals surface area contributed by atoms with Crippen molar-refractivity contribution in [1.82, 2.24) is 9.97 Å². The minimum Gasteiger partial charge on any atom is -0.508 e. The lowest BCUT2D eigenvalue weighted by molar-refractivity contribution is 0.475. The second kappa shape index (κ2) is 4.93. The van der Waals surface area contributed by atoms with Crippen LogP contribution < -0.4 is 5.73 Å². The molecule has 0 saturated carbocycles. The van der Waals surface area contributed by atoms with E-state index in [-0.39, 0.29) is 11.8 Å². The van der Waals surface area contributed by atoms with E-state index in [2.05, 4.69) is 9.97 Å². The zero-order chi connectivity index (χ0) is 12.3. The van der Waals surface area contributed by atoms with Gasteiger partial charge in [-0.2, -0.15) is 0 Å². The molecule has 1 heterocycles. The van der Waals surface area contributed by atoms with Crippen LogP contribution in [-0.2, 0) is 6.42 Å². The molecule has 17 heavy (non-hydrogen) atoms. The van der Waals surface area contributed by atoms with Gasteiger partial charge in [0.15, 0.2) is 5.82 Å². The van der Waals surface area contributed by atoms with Gasteiger partial charge in [-0.15, -0.1) is 0 Å². The van der Waals surface area contributed by atoms with Crippen LogP contribution in [0, 0.1) is 0 Å². The average Bonchev–Trinajstić information content (AvgIpc) is 2.30. The lowest BCUT2D eigenvalue weighted by Gasteiger charge is -2.05. The smallest absolute Gasteiger partial charge is 0.159 e. The lowest BCUT2D eigenvalue weighted by atomic mass is 10.1. The fourth-order valence-electron chi connectivity index (χ4n) is 1.59. The number of nitrogens with two attached hydrogens (primary N) is 1. The average molecular weight is 229 g/mol. The van der Waals surface area contributed by atoms with Gasteiger partial charge in [0.05, 0.1) is 0 Å². The molecule has 0 saturated heterocycles. The second-order valence-electron chi connectivity index (χ2n) is 4.14. The van der Waals surface area contributed by atoms with E-state index in [0.717, 1.165) is 17.5 Å². The van der Waals surface area contributed by atoms with Crippen molar-refractivity contribution >= 4 is 0 Å². The van der Waals surface area contributed by atoms with Gasteiger partial charge in [0.1, 0.15) is 5.75 Å². The van der Waals surface area contributed by atoms with Crippen LogP contribution in [0.25, 0.3) is 11.4 Å². The molecule has 0 aliphatic heterocycles. The van der Waals surface area contributed by atoms with Crippen LogP contribution in [0.15, 0.2) is 36.7 Å². The van der Waals surface area contributed by atoms with Crippen LogP contribution in [0.4, 0.5) is 0 Å². The van der Waals surface area contributed by atoms with Crippen molar-refractivity contribution in [1.29, 1.82) is 0 Å². The Kier molecular flexibility index (Phi) is 3.35. The largest absolute Gasteiger partial charge is 0.508 e. The molecule has 3 N–H and O–H groups in total. The SMILES string of the molecule is CC(N)Cc1cnc(-c2ccc(O)cc2)nc1. The van der Waals surface area contributed by atoms with Crippen LogP contribution in [0.3, 0.4) is 0 Å². The molecule has 0 fully saturated rings. The van der Waals surface area contributed by atoms with E-state index in [1.807, 2.05) is 6.92 Å². The number of phenolic OH excluding ortho intramolecular Hbond substituents is 1. The third-order valence-electron chi connectivity index (χ3n) is 2.39.